The number of amides is 2. The SMILES string of the molecule is O=C(Cc1cn(C(=O)N(c2ccccc2)c2ccccc2)cn1)NCCCc1cn([C@@H]2O[C@H](CO)[C@@H](O)[C@H]2F)c(=O)[nH]c1=O. The van der Waals surface area contributed by atoms with E-state index < -0.39 is 42.5 Å². The summed E-state index contributed by atoms with van der Waals surface area (Å²) >= 11 is 0. The predicted molar refractivity (Wildman–Crippen MR) is 156 cm³/mol. The molecule has 1 aliphatic rings. The highest BCUT2D eigenvalue weighted by atomic mass is 19.1. The van der Waals surface area contributed by atoms with E-state index in [9.17, 15) is 33.8 Å². The van der Waals surface area contributed by atoms with Crippen LogP contribution in [0.2, 0.25) is 0 Å². The summed E-state index contributed by atoms with van der Waals surface area (Å²) in [7, 11) is 0. The number of rotatable bonds is 10. The molecular formula is C30H31FN6O7. The molecule has 1 aliphatic heterocycles. The minimum atomic E-state index is -1.98. The van der Waals surface area contributed by atoms with Gasteiger partial charge in [-0.15, -0.1) is 0 Å². The molecule has 0 aliphatic carbocycles. The van der Waals surface area contributed by atoms with Gasteiger partial charge in [0.25, 0.3) is 5.56 Å². The van der Waals surface area contributed by atoms with Gasteiger partial charge in [0.2, 0.25) is 5.91 Å². The minimum absolute atomic E-state index is 0.0896. The van der Waals surface area contributed by atoms with Gasteiger partial charge in [-0.25, -0.2) is 19.0 Å². The van der Waals surface area contributed by atoms with Crippen molar-refractivity contribution >= 4 is 23.3 Å². The van der Waals surface area contributed by atoms with Gasteiger partial charge in [-0.05, 0) is 37.1 Å². The van der Waals surface area contributed by atoms with Crippen molar-refractivity contribution in [1.29, 1.82) is 0 Å². The molecule has 1 saturated heterocycles. The maximum atomic E-state index is 14.5. The van der Waals surface area contributed by atoms with Gasteiger partial charge in [0.05, 0.1) is 30.1 Å². The number of aliphatic hydroxyl groups is 2. The number of imidazole rings is 1. The van der Waals surface area contributed by atoms with Gasteiger partial charge in [0.15, 0.2) is 12.4 Å². The summed E-state index contributed by atoms with van der Waals surface area (Å²) in [5.41, 5.74) is 0.271. The number of para-hydroxylation sites is 2. The molecule has 2 amide bonds. The lowest BCUT2D eigenvalue weighted by molar-refractivity contribution is -0.120. The molecule has 0 bridgehead atoms. The van der Waals surface area contributed by atoms with Gasteiger partial charge in [-0.3, -0.25) is 28.6 Å². The summed E-state index contributed by atoms with van der Waals surface area (Å²) in [5, 5.41) is 21.8. The van der Waals surface area contributed by atoms with Crippen LogP contribution in [0.3, 0.4) is 0 Å². The molecule has 2 aromatic carbocycles. The van der Waals surface area contributed by atoms with Crippen LogP contribution in [0.4, 0.5) is 20.6 Å². The molecule has 3 heterocycles. The maximum absolute atomic E-state index is 14.5. The van der Waals surface area contributed by atoms with Gasteiger partial charge >= 0.3 is 11.7 Å². The molecule has 0 radical (unpaired) electrons. The number of aromatic nitrogens is 4. The number of nitrogens with zero attached hydrogens (tertiary/aromatic N) is 4. The minimum Gasteiger partial charge on any atom is -0.394 e. The fourth-order valence-corrected chi connectivity index (χ4v) is 4.91. The van der Waals surface area contributed by atoms with Crippen LogP contribution in [0.1, 0.15) is 23.9 Å². The van der Waals surface area contributed by atoms with Crippen LogP contribution in [-0.2, 0) is 22.4 Å². The topological polar surface area (TPSA) is 172 Å². The number of H-pyrrole nitrogens is 1. The number of aromatic amines is 1. The second-order valence-corrected chi connectivity index (χ2v) is 10.2. The van der Waals surface area contributed by atoms with Crippen molar-refractivity contribution < 1.29 is 28.9 Å². The first kappa shape index (κ1) is 30.5. The van der Waals surface area contributed by atoms with Crippen molar-refractivity contribution in [3.8, 4) is 0 Å². The van der Waals surface area contributed by atoms with E-state index in [0.717, 1.165) is 10.8 Å². The number of carbonyl (C=O) groups is 2. The molecule has 0 saturated carbocycles. The lowest BCUT2D eigenvalue weighted by Gasteiger charge is -2.22. The van der Waals surface area contributed by atoms with Crippen LogP contribution in [0, 0.1) is 0 Å². The zero-order chi connectivity index (χ0) is 31.2. The fourth-order valence-electron chi connectivity index (χ4n) is 4.91. The number of ether oxygens (including phenoxy) is 1. The van der Waals surface area contributed by atoms with Gasteiger partial charge in [0.1, 0.15) is 18.5 Å². The zero-order valence-electron chi connectivity index (χ0n) is 23.5. The molecule has 14 heteroatoms. The first-order valence-corrected chi connectivity index (χ1v) is 13.9. The summed E-state index contributed by atoms with van der Waals surface area (Å²) in [5.74, 6) is -0.354. The van der Waals surface area contributed by atoms with Gasteiger partial charge in [-0.1, -0.05) is 36.4 Å². The molecule has 0 spiro atoms. The highest BCUT2D eigenvalue weighted by molar-refractivity contribution is 6.00. The number of alkyl halides is 1. The Morgan fingerprint density at radius 1 is 1.05 bits per heavy atom. The summed E-state index contributed by atoms with van der Waals surface area (Å²) < 4.78 is 21.9. The highest BCUT2D eigenvalue weighted by Crippen LogP contribution is 2.30. The van der Waals surface area contributed by atoms with Crippen molar-refractivity contribution in [3.63, 3.8) is 0 Å². The number of nitrogens with one attached hydrogen (secondary N) is 2. The van der Waals surface area contributed by atoms with Gasteiger partial charge < -0.3 is 20.3 Å². The number of aryl methyl sites for hydroxylation is 1. The summed E-state index contributed by atoms with van der Waals surface area (Å²) in [6, 6.07) is 17.9. The monoisotopic (exact) mass is 606 g/mol. The van der Waals surface area contributed by atoms with E-state index in [1.54, 1.807) is 0 Å². The largest absolute Gasteiger partial charge is 0.394 e. The third kappa shape index (κ3) is 6.67. The van der Waals surface area contributed by atoms with Crippen LogP contribution in [0.15, 0.2) is 89.0 Å². The Labute approximate surface area is 250 Å². The zero-order valence-corrected chi connectivity index (χ0v) is 23.5. The van der Waals surface area contributed by atoms with Crippen molar-refractivity contribution in [2.75, 3.05) is 18.1 Å². The number of anilines is 2. The Bertz CT molecular complexity index is 1670. The highest BCUT2D eigenvalue weighted by Gasteiger charge is 2.45. The number of carbonyl (C=O) groups excluding carboxylic acids is 2. The summed E-state index contributed by atoms with van der Waals surface area (Å²) in [6.45, 7) is -0.455. The second-order valence-electron chi connectivity index (χ2n) is 10.2. The van der Waals surface area contributed by atoms with E-state index >= 15 is 0 Å². The Hall–Kier alpha value is -4.92. The smallest absolute Gasteiger partial charge is 0.338 e. The molecular weight excluding hydrogens is 575 g/mol. The Kier molecular flexibility index (Phi) is 9.43. The number of hydrogen-bond acceptors (Lipinski definition) is 8. The first-order valence-electron chi connectivity index (χ1n) is 13.9. The normalized spacial score (nSPS) is 19.5. The standard InChI is InChI=1S/C30H31FN6O7/c31-25-26(40)23(17-38)44-28(25)36-15-19(27(41)34-29(36)42)8-7-13-32-24(39)14-20-16-35(18-33-20)30(43)37(21-9-3-1-4-10-21)22-11-5-2-6-12-22/h1-6,9-12,15-16,18,23,25-26,28,38,40H,7-8,13-14,17H2,(H,32,39)(H,34,41,42)/t23-,25-,26-,28-/m1/s1. The molecule has 4 aromatic rings. The Morgan fingerprint density at radius 2 is 1.70 bits per heavy atom. The Balaban J connectivity index is 1.17. The molecule has 44 heavy (non-hydrogen) atoms. The van der Waals surface area contributed by atoms with Crippen LogP contribution in [0.25, 0.3) is 0 Å². The molecule has 5 rings (SSSR count). The molecule has 230 valence electrons. The number of aliphatic hydroxyl groups excluding tert-OH is 2. The van der Waals surface area contributed by atoms with Crippen LogP contribution in [0.5, 0.6) is 0 Å². The van der Waals surface area contributed by atoms with E-state index in [1.807, 2.05) is 60.7 Å². The number of benzene rings is 2. The molecule has 1 fully saturated rings. The van der Waals surface area contributed by atoms with Crippen LogP contribution in [-0.4, -0.2) is 72.8 Å². The third-order valence-corrected chi connectivity index (χ3v) is 7.15. The average molecular weight is 607 g/mol. The third-order valence-electron chi connectivity index (χ3n) is 7.15. The van der Waals surface area contributed by atoms with Crippen molar-refractivity contribution in [3.05, 3.63) is 111 Å². The average Bonchev–Trinajstić information content (AvgIpc) is 3.61. The number of halogens is 1. The first-order chi connectivity index (χ1) is 21.3. The lowest BCUT2D eigenvalue weighted by Crippen LogP contribution is -2.37. The Morgan fingerprint density at radius 3 is 2.32 bits per heavy atom. The van der Waals surface area contributed by atoms with Gasteiger partial charge in [0, 0.05) is 24.5 Å². The summed E-state index contributed by atoms with van der Waals surface area (Å²) in [6.07, 6.45) is -1.96. The predicted octanol–water partition coefficient (Wildman–Crippen LogP) is 1.42. The van der Waals surface area contributed by atoms with E-state index in [1.165, 1.54) is 22.0 Å². The quantitative estimate of drug-likeness (QED) is 0.196. The molecule has 0 unspecified atom stereocenters. The number of hydrogen-bond donors (Lipinski definition) is 4. The van der Waals surface area contributed by atoms with Crippen LogP contribution < -0.4 is 21.5 Å². The molecule has 13 nitrogen and oxygen atoms in total. The van der Waals surface area contributed by atoms with Crippen molar-refractivity contribution in [2.45, 2.75) is 43.9 Å². The molecule has 4 N–H and O–H groups in total. The van der Waals surface area contributed by atoms with Crippen molar-refractivity contribution in [2.24, 2.45) is 0 Å². The maximum Gasteiger partial charge on any atom is 0.338 e. The van der Waals surface area contributed by atoms with E-state index in [-0.39, 0.29) is 36.9 Å². The van der Waals surface area contributed by atoms with Crippen LogP contribution >= 0.6 is 0 Å². The van der Waals surface area contributed by atoms with E-state index in [0.29, 0.717) is 23.5 Å². The van der Waals surface area contributed by atoms with Gasteiger partial charge in [-0.2, -0.15) is 0 Å². The fraction of sp³-hybridized carbons (Fsp3) is 0.300. The molecule has 2 aromatic heterocycles. The lowest BCUT2D eigenvalue weighted by atomic mass is 10.1. The summed E-state index contributed by atoms with van der Waals surface area (Å²) in [4.78, 5) is 58.5. The molecule has 4 atom stereocenters. The van der Waals surface area contributed by atoms with E-state index in [2.05, 4.69) is 15.3 Å². The van der Waals surface area contributed by atoms with Crippen molar-refractivity contribution in [1.82, 2.24) is 24.4 Å². The van der Waals surface area contributed by atoms with E-state index in [4.69, 9.17) is 4.74 Å². The second kappa shape index (κ2) is 13.6.